The molecule has 0 saturated heterocycles. The molecule has 148 valence electrons. The van der Waals surface area contributed by atoms with Crippen molar-refractivity contribution >= 4 is 17.7 Å². The first-order valence-electron chi connectivity index (χ1n) is 8.84. The van der Waals surface area contributed by atoms with E-state index in [0.29, 0.717) is 28.3 Å². The lowest BCUT2D eigenvalue weighted by Gasteiger charge is -2.15. The summed E-state index contributed by atoms with van der Waals surface area (Å²) >= 11 is 0. The third kappa shape index (κ3) is 3.85. The number of ketones is 1. The monoisotopic (exact) mass is 386 g/mol. The second kappa shape index (κ2) is 7.75. The molecule has 3 rings (SSSR count). The molecule has 0 spiro atoms. The molecule has 0 saturated carbocycles. The van der Waals surface area contributed by atoms with Gasteiger partial charge in [0.25, 0.3) is 5.91 Å². The molecule has 1 amide bonds. The predicted octanol–water partition coefficient (Wildman–Crippen LogP) is 2.60. The Balaban J connectivity index is 1.57. The molecule has 2 N–H and O–H groups in total. The molecule has 0 radical (unpaired) electrons. The first kappa shape index (κ1) is 19.5. The Hall–Kier alpha value is -3.29. The minimum atomic E-state index is -0.681. The number of rotatable bonds is 6. The molecule has 0 aliphatic carbocycles. The summed E-state index contributed by atoms with van der Waals surface area (Å²) in [6.45, 7) is 6.37. The van der Waals surface area contributed by atoms with Crippen molar-refractivity contribution in [1.82, 2.24) is 10.3 Å². The summed E-state index contributed by atoms with van der Waals surface area (Å²) in [6, 6.07) is 5.11. The van der Waals surface area contributed by atoms with Crippen LogP contribution < -0.4 is 14.8 Å². The van der Waals surface area contributed by atoms with Gasteiger partial charge in [-0.2, -0.15) is 0 Å². The number of aryl methyl sites for hydroxylation is 1. The fourth-order valence-corrected chi connectivity index (χ4v) is 3.23. The molecule has 1 unspecified atom stereocenters. The van der Waals surface area contributed by atoms with E-state index in [4.69, 9.17) is 14.2 Å². The lowest BCUT2D eigenvalue weighted by molar-refractivity contribution is -0.124. The number of esters is 1. The van der Waals surface area contributed by atoms with Crippen molar-refractivity contribution in [2.75, 3.05) is 13.4 Å². The highest BCUT2D eigenvalue weighted by Gasteiger charge is 2.22. The van der Waals surface area contributed by atoms with E-state index in [0.717, 1.165) is 5.56 Å². The Morgan fingerprint density at radius 2 is 1.93 bits per heavy atom. The van der Waals surface area contributed by atoms with Gasteiger partial charge in [0.2, 0.25) is 6.79 Å². The van der Waals surface area contributed by atoms with Crippen LogP contribution in [0.2, 0.25) is 0 Å². The third-order valence-electron chi connectivity index (χ3n) is 4.60. The number of aromatic amines is 1. The Kier molecular flexibility index (Phi) is 5.39. The molecule has 1 atom stereocenters. The zero-order chi connectivity index (χ0) is 20.4. The minimum Gasteiger partial charge on any atom is -0.454 e. The lowest BCUT2D eigenvalue weighted by atomic mass is 10.1. The second-order valence-corrected chi connectivity index (χ2v) is 6.66. The summed E-state index contributed by atoms with van der Waals surface area (Å²) in [5, 5.41) is 2.77. The summed E-state index contributed by atoms with van der Waals surface area (Å²) in [6.07, 6.45) is 0. The minimum absolute atomic E-state index is 0.138. The van der Waals surface area contributed by atoms with Crippen molar-refractivity contribution in [3.8, 4) is 11.5 Å². The topological polar surface area (TPSA) is 107 Å². The normalized spacial score (nSPS) is 13.1. The summed E-state index contributed by atoms with van der Waals surface area (Å²) in [5.41, 5.74) is 2.60. The lowest BCUT2D eigenvalue weighted by Crippen LogP contribution is -2.31. The molecule has 1 aromatic heterocycles. The van der Waals surface area contributed by atoms with E-state index in [2.05, 4.69) is 10.3 Å². The van der Waals surface area contributed by atoms with E-state index in [9.17, 15) is 14.4 Å². The number of carbonyl (C=O) groups excluding carboxylic acids is 3. The van der Waals surface area contributed by atoms with Gasteiger partial charge in [0.1, 0.15) is 5.69 Å². The van der Waals surface area contributed by atoms with Crippen molar-refractivity contribution in [2.45, 2.75) is 33.7 Å². The number of fused-ring (bicyclic) bond motifs is 1. The zero-order valence-corrected chi connectivity index (χ0v) is 16.2. The Morgan fingerprint density at radius 1 is 1.21 bits per heavy atom. The molecule has 1 aliphatic rings. The molecular formula is C20H22N2O6. The van der Waals surface area contributed by atoms with E-state index in [1.807, 2.05) is 13.0 Å². The highest BCUT2D eigenvalue weighted by Crippen LogP contribution is 2.34. The fraction of sp³-hybridized carbons (Fsp3) is 0.350. The maximum Gasteiger partial charge on any atom is 0.355 e. The standard InChI is InChI=1S/C20H22N2O6/c1-10-18(13(4)23)12(3)22-19(10)20(25)26-8-17(24)21-11(2)14-5-6-15-16(7-14)28-9-27-15/h5-7,11,22H,8-9H2,1-4H3,(H,21,24). The van der Waals surface area contributed by atoms with Crippen LogP contribution in [0.1, 0.15) is 57.6 Å². The molecule has 2 heterocycles. The smallest absolute Gasteiger partial charge is 0.355 e. The van der Waals surface area contributed by atoms with E-state index in [1.165, 1.54) is 6.92 Å². The molecule has 2 aromatic rings. The van der Waals surface area contributed by atoms with Gasteiger partial charge in [0.05, 0.1) is 6.04 Å². The van der Waals surface area contributed by atoms with Crippen LogP contribution in [0, 0.1) is 13.8 Å². The number of nitrogens with one attached hydrogen (secondary N) is 2. The fourth-order valence-electron chi connectivity index (χ4n) is 3.23. The van der Waals surface area contributed by atoms with Crippen LogP contribution in [0.5, 0.6) is 11.5 Å². The summed E-state index contributed by atoms with van der Waals surface area (Å²) in [7, 11) is 0. The van der Waals surface area contributed by atoms with Gasteiger partial charge in [-0.3, -0.25) is 9.59 Å². The number of hydrogen-bond acceptors (Lipinski definition) is 6. The number of hydrogen-bond donors (Lipinski definition) is 2. The number of H-pyrrole nitrogens is 1. The Morgan fingerprint density at radius 3 is 2.61 bits per heavy atom. The van der Waals surface area contributed by atoms with Gasteiger partial charge < -0.3 is 24.5 Å². The van der Waals surface area contributed by atoms with Gasteiger partial charge in [0.15, 0.2) is 23.9 Å². The molecule has 0 fully saturated rings. The first-order chi connectivity index (χ1) is 13.3. The molecule has 0 bridgehead atoms. The zero-order valence-electron chi connectivity index (χ0n) is 16.2. The van der Waals surface area contributed by atoms with Crippen LogP contribution >= 0.6 is 0 Å². The van der Waals surface area contributed by atoms with Gasteiger partial charge in [-0.25, -0.2) is 4.79 Å². The quantitative estimate of drug-likeness (QED) is 0.584. The highest BCUT2D eigenvalue weighted by atomic mass is 16.7. The van der Waals surface area contributed by atoms with Crippen molar-refractivity contribution in [3.63, 3.8) is 0 Å². The van der Waals surface area contributed by atoms with Crippen LogP contribution in [0.4, 0.5) is 0 Å². The van der Waals surface area contributed by atoms with Crippen LogP contribution in [0.3, 0.4) is 0 Å². The Labute approximate surface area is 162 Å². The summed E-state index contributed by atoms with van der Waals surface area (Å²) in [4.78, 5) is 38.9. The average molecular weight is 386 g/mol. The highest BCUT2D eigenvalue weighted by molar-refractivity contribution is 6.01. The number of amides is 1. The van der Waals surface area contributed by atoms with Gasteiger partial charge in [-0.05, 0) is 51.0 Å². The second-order valence-electron chi connectivity index (χ2n) is 6.66. The number of aromatic nitrogens is 1. The van der Waals surface area contributed by atoms with Crippen LogP contribution in [0.25, 0.3) is 0 Å². The maximum atomic E-state index is 12.3. The van der Waals surface area contributed by atoms with Crippen molar-refractivity contribution in [3.05, 3.63) is 46.3 Å². The molecule has 28 heavy (non-hydrogen) atoms. The SMILES string of the molecule is CC(=O)c1c(C)[nH]c(C(=O)OCC(=O)NC(C)c2ccc3c(c2)OCO3)c1C. The van der Waals surface area contributed by atoms with Crippen LogP contribution in [0.15, 0.2) is 18.2 Å². The van der Waals surface area contributed by atoms with Crippen molar-refractivity contribution < 1.29 is 28.6 Å². The van der Waals surface area contributed by atoms with Gasteiger partial charge >= 0.3 is 5.97 Å². The number of Topliss-reactive ketones (excluding diaryl/α,β-unsaturated/α-hetero) is 1. The number of carbonyl (C=O) groups is 3. The molecule has 8 heteroatoms. The first-order valence-corrected chi connectivity index (χ1v) is 8.84. The summed E-state index contributed by atoms with van der Waals surface area (Å²) in [5.74, 6) is 0.0347. The third-order valence-corrected chi connectivity index (χ3v) is 4.60. The van der Waals surface area contributed by atoms with E-state index in [1.54, 1.807) is 26.0 Å². The van der Waals surface area contributed by atoms with Crippen molar-refractivity contribution in [2.24, 2.45) is 0 Å². The molecule has 8 nitrogen and oxygen atoms in total. The van der Waals surface area contributed by atoms with Crippen LogP contribution in [-0.2, 0) is 9.53 Å². The van der Waals surface area contributed by atoms with E-state index < -0.39 is 18.5 Å². The van der Waals surface area contributed by atoms with Gasteiger partial charge in [0, 0.05) is 11.3 Å². The number of benzene rings is 1. The van der Waals surface area contributed by atoms with Gasteiger partial charge in [-0.1, -0.05) is 6.07 Å². The Bertz CT molecular complexity index is 946. The van der Waals surface area contributed by atoms with E-state index >= 15 is 0 Å². The molecular weight excluding hydrogens is 364 g/mol. The summed E-state index contributed by atoms with van der Waals surface area (Å²) < 4.78 is 15.7. The van der Waals surface area contributed by atoms with Crippen LogP contribution in [-0.4, -0.2) is 36.0 Å². The van der Waals surface area contributed by atoms with Gasteiger partial charge in [-0.15, -0.1) is 0 Å². The van der Waals surface area contributed by atoms with E-state index in [-0.39, 0.29) is 24.3 Å². The molecule has 1 aromatic carbocycles. The van der Waals surface area contributed by atoms with Crippen molar-refractivity contribution in [1.29, 1.82) is 0 Å². The number of ether oxygens (including phenoxy) is 3. The largest absolute Gasteiger partial charge is 0.454 e. The maximum absolute atomic E-state index is 12.3. The average Bonchev–Trinajstić information content (AvgIpc) is 3.22. The molecule has 1 aliphatic heterocycles. The predicted molar refractivity (Wildman–Crippen MR) is 99.7 cm³/mol.